The molecule has 0 saturated heterocycles. The van der Waals surface area contributed by atoms with E-state index in [-0.39, 0.29) is 37.5 Å². The third-order valence-corrected chi connectivity index (χ3v) is 7.27. The summed E-state index contributed by atoms with van der Waals surface area (Å²) in [5, 5.41) is 12.6. The van der Waals surface area contributed by atoms with Gasteiger partial charge in [0.2, 0.25) is 0 Å². The minimum absolute atomic E-state index is 0. The van der Waals surface area contributed by atoms with Crippen LogP contribution in [0.3, 0.4) is 0 Å². The molecule has 1 unspecified atom stereocenters. The molecular weight excluding hydrogens is 654 g/mol. The molecule has 0 aliphatic heterocycles. The first-order chi connectivity index (χ1) is 17.6. The number of aliphatic hydroxyl groups is 1. The molecule has 4 aromatic rings. The Morgan fingerprint density at radius 3 is 2.39 bits per heavy atom. The minimum atomic E-state index is -0.200. The van der Waals surface area contributed by atoms with E-state index in [0.717, 1.165) is 38.4 Å². The summed E-state index contributed by atoms with van der Waals surface area (Å²) in [7, 11) is 0. The molecule has 1 aliphatic rings. The standard InChI is InChI=1S/C28H27FN.C5H8O2.Ir/c1-17-12-18(2)14-22(13-17)28-27-21(10-11-30-28)15-25(19(3)20-6-4-5-7-20)24-9-8-23(29)16-26(24)27;1-4(6)3-5(2)7;/h8-13,15-16,19-20H,4-7H2,1-3H3;3,6H,1-2H3;/q-1;;/b;4-3-;. The SMILES string of the molecule is CC(=O)/C=C(/C)O.Cc1[c-]c(-c2nccc3cc(C(C)C4CCCC4)c4ccc(F)cc4c23)cc(C)c1.[Ir]. The zero-order valence-corrected chi connectivity index (χ0v) is 25.1. The Bertz CT molecular complexity index is 1460. The molecule has 1 radical (unpaired) electrons. The average Bonchev–Trinajstić information content (AvgIpc) is 3.36. The van der Waals surface area contributed by atoms with Gasteiger partial charge in [-0.25, -0.2) is 4.39 Å². The molecule has 0 spiro atoms. The van der Waals surface area contributed by atoms with Gasteiger partial charge in [0, 0.05) is 32.4 Å². The van der Waals surface area contributed by atoms with Gasteiger partial charge in [0.1, 0.15) is 5.82 Å². The number of aliphatic hydroxyl groups excluding tert-OH is 1. The number of rotatable bonds is 4. The van der Waals surface area contributed by atoms with Crippen LogP contribution in [0.25, 0.3) is 32.8 Å². The van der Waals surface area contributed by atoms with Gasteiger partial charge in [0.15, 0.2) is 5.78 Å². The average molecular weight is 689 g/mol. The Hall–Kier alpha value is -2.88. The van der Waals surface area contributed by atoms with Gasteiger partial charge >= 0.3 is 0 Å². The Labute approximate surface area is 238 Å². The van der Waals surface area contributed by atoms with Crippen LogP contribution in [-0.4, -0.2) is 15.9 Å². The van der Waals surface area contributed by atoms with Crippen LogP contribution < -0.4 is 0 Å². The van der Waals surface area contributed by atoms with Crippen LogP contribution in [0.15, 0.2) is 60.5 Å². The van der Waals surface area contributed by atoms with E-state index in [2.05, 4.69) is 51.1 Å². The number of hydrogen-bond donors (Lipinski definition) is 1. The van der Waals surface area contributed by atoms with E-state index in [1.807, 2.05) is 12.3 Å². The number of halogens is 1. The van der Waals surface area contributed by atoms with Crippen molar-refractivity contribution in [2.24, 2.45) is 5.92 Å². The van der Waals surface area contributed by atoms with Crippen LogP contribution in [0.2, 0.25) is 0 Å². The second-order valence-corrected chi connectivity index (χ2v) is 10.4. The summed E-state index contributed by atoms with van der Waals surface area (Å²) in [5.74, 6) is 0.917. The van der Waals surface area contributed by atoms with Gasteiger partial charge < -0.3 is 10.1 Å². The molecule has 1 heterocycles. The van der Waals surface area contributed by atoms with Gasteiger partial charge in [0.25, 0.3) is 0 Å². The van der Waals surface area contributed by atoms with Gasteiger partial charge in [-0.3, -0.25) is 4.79 Å². The van der Waals surface area contributed by atoms with Gasteiger partial charge in [-0.1, -0.05) is 45.7 Å². The molecule has 1 aliphatic carbocycles. The quantitative estimate of drug-likeness (QED) is 0.101. The summed E-state index contributed by atoms with van der Waals surface area (Å²) in [4.78, 5) is 14.8. The van der Waals surface area contributed by atoms with Crippen molar-refractivity contribution in [3.05, 3.63) is 89.1 Å². The molecule has 1 fully saturated rings. The number of pyridine rings is 1. The molecule has 1 saturated carbocycles. The van der Waals surface area contributed by atoms with Crippen molar-refractivity contribution in [1.29, 1.82) is 0 Å². The smallest absolute Gasteiger partial charge is 0.155 e. The van der Waals surface area contributed by atoms with E-state index in [1.54, 1.807) is 12.1 Å². The third-order valence-electron chi connectivity index (χ3n) is 7.27. The number of nitrogens with zero attached hydrogens (tertiary/aromatic N) is 1. The fourth-order valence-corrected chi connectivity index (χ4v) is 5.71. The summed E-state index contributed by atoms with van der Waals surface area (Å²) in [6.07, 6.45) is 8.28. The number of carbonyl (C=O) groups excluding carboxylic acids is 1. The van der Waals surface area contributed by atoms with Crippen molar-refractivity contribution in [2.75, 3.05) is 0 Å². The van der Waals surface area contributed by atoms with Crippen LogP contribution in [0.4, 0.5) is 4.39 Å². The van der Waals surface area contributed by atoms with Crippen LogP contribution in [0.1, 0.15) is 69.1 Å². The van der Waals surface area contributed by atoms with E-state index >= 15 is 0 Å². The van der Waals surface area contributed by atoms with Crippen LogP contribution in [0.5, 0.6) is 0 Å². The molecular formula is C33H35FIrNO2-. The molecule has 1 atom stereocenters. The van der Waals surface area contributed by atoms with E-state index in [0.29, 0.717) is 11.8 Å². The maximum absolute atomic E-state index is 14.4. The molecule has 201 valence electrons. The predicted molar refractivity (Wildman–Crippen MR) is 150 cm³/mol. The molecule has 0 amide bonds. The van der Waals surface area contributed by atoms with Crippen molar-refractivity contribution in [2.45, 2.75) is 66.2 Å². The van der Waals surface area contributed by atoms with Gasteiger partial charge in [0.05, 0.1) is 5.76 Å². The molecule has 1 N–H and O–H groups in total. The van der Waals surface area contributed by atoms with Crippen LogP contribution >= 0.6 is 0 Å². The van der Waals surface area contributed by atoms with E-state index in [9.17, 15) is 9.18 Å². The first-order valence-corrected chi connectivity index (χ1v) is 13.0. The van der Waals surface area contributed by atoms with Crippen molar-refractivity contribution in [3.8, 4) is 11.3 Å². The number of ketones is 1. The second kappa shape index (κ2) is 12.8. The van der Waals surface area contributed by atoms with Crippen molar-refractivity contribution in [3.63, 3.8) is 0 Å². The van der Waals surface area contributed by atoms with Crippen LogP contribution in [-0.2, 0) is 24.9 Å². The summed E-state index contributed by atoms with van der Waals surface area (Å²) in [5.41, 5.74) is 5.47. The Kier molecular flexibility index (Phi) is 9.98. The number of allylic oxidation sites excluding steroid dienone is 2. The molecule has 5 rings (SSSR count). The number of hydrogen-bond acceptors (Lipinski definition) is 3. The largest absolute Gasteiger partial charge is 0.512 e. The number of fused-ring (bicyclic) bond motifs is 3. The Morgan fingerprint density at radius 1 is 1.08 bits per heavy atom. The zero-order chi connectivity index (χ0) is 26.7. The van der Waals surface area contributed by atoms with Crippen molar-refractivity contribution < 1.29 is 34.4 Å². The predicted octanol–water partition coefficient (Wildman–Crippen LogP) is 8.94. The van der Waals surface area contributed by atoms with Gasteiger partial charge in [-0.15, -0.1) is 34.9 Å². The number of benzene rings is 3. The minimum Gasteiger partial charge on any atom is -0.512 e. The first-order valence-electron chi connectivity index (χ1n) is 13.0. The first kappa shape index (κ1) is 29.7. The molecule has 5 heteroatoms. The summed E-state index contributed by atoms with van der Waals surface area (Å²) >= 11 is 0. The molecule has 3 aromatic carbocycles. The van der Waals surface area contributed by atoms with E-state index < -0.39 is 0 Å². The maximum Gasteiger partial charge on any atom is 0.155 e. The van der Waals surface area contributed by atoms with Crippen molar-refractivity contribution in [1.82, 2.24) is 4.98 Å². The monoisotopic (exact) mass is 689 g/mol. The molecule has 3 nitrogen and oxygen atoms in total. The van der Waals surface area contributed by atoms with E-state index in [4.69, 9.17) is 10.1 Å². The number of aryl methyl sites for hydroxylation is 2. The zero-order valence-electron chi connectivity index (χ0n) is 22.7. The molecule has 0 bridgehead atoms. The topological polar surface area (TPSA) is 50.2 Å². The molecule has 38 heavy (non-hydrogen) atoms. The third kappa shape index (κ3) is 6.76. The number of aromatic nitrogens is 1. The fourth-order valence-electron chi connectivity index (χ4n) is 5.71. The summed E-state index contributed by atoms with van der Waals surface area (Å²) in [6.45, 7) is 9.34. The van der Waals surface area contributed by atoms with E-state index in [1.165, 1.54) is 56.7 Å². The van der Waals surface area contributed by atoms with Gasteiger partial charge in [-0.2, -0.15) is 0 Å². The summed E-state index contributed by atoms with van der Waals surface area (Å²) in [6, 6.07) is 17.3. The second-order valence-electron chi connectivity index (χ2n) is 10.4. The summed E-state index contributed by atoms with van der Waals surface area (Å²) < 4.78 is 14.4. The number of carbonyl (C=O) groups is 1. The van der Waals surface area contributed by atoms with Crippen molar-refractivity contribution >= 4 is 27.3 Å². The normalized spacial score (nSPS) is 14.6. The molecule has 1 aromatic heterocycles. The van der Waals surface area contributed by atoms with Gasteiger partial charge in [-0.05, 0) is 89.5 Å². The fraction of sp³-hybridized carbons (Fsp3) is 0.333. The Morgan fingerprint density at radius 2 is 1.79 bits per heavy atom. The Balaban J connectivity index is 0.000000444. The maximum atomic E-state index is 14.4. The van der Waals surface area contributed by atoms with Crippen LogP contribution in [0, 0.1) is 31.6 Å².